The monoisotopic (exact) mass is 386 g/mol. The number of nitrogens with one attached hydrogen (secondary N) is 1. The molecule has 3 aromatic rings. The third kappa shape index (κ3) is 4.00. The molecule has 0 saturated heterocycles. The lowest BCUT2D eigenvalue weighted by atomic mass is 10.2. The van der Waals surface area contributed by atoms with E-state index in [4.69, 9.17) is 9.47 Å². The van der Waals surface area contributed by atoms with E-state index in [1.54, 1.807) is 31.4 Å². The number of ether oxygens (including phenoxy) is 2. The first-order valence-electron chi connectivity index (χ1n) is 7.78. The molecule has 0 aliphatic carbocycles. The van der Waals surface area contributed by atoms with Gasteiger partial charge in [0.2, 0.25) is 0 Å². The van der Waals surface area contributed by atoms with E-state index in [-0.39, 0.29) is 5.91 Å². The summed E-state index contributed by atoms with van der Waals surface area (Å²) in [7, 11) is 3.18. The summed E-state index contributed by atoms with van der Waals surface area (Å²) in [5, 5.41) is 5.36. The van der Waals surface area contributed by atoms with Gasteiger partial charge in [-0.25, -0.2) is 4.98 Å². The summed E-state index contributed by atoms with van der Waals surface area (Å²) in [4.78, 5) is 18.0. The summed E-state index contributed by atoms with van der Waals surface area (Å²) in [6, 6.07) is 13.3. The van der Waals surface area contributed by atoms with Crippen molar-refractivity contribution in [1.29, 1.82) is 0 Å². The minimum absolute atomic E-state index is 0.232. The maximum Gasteiger partial charge on any atom is 0.275 e. The fourth-order valence-corrected chi connectivity index (χ4v) is 3.55. The number of amides is 1. The van der Waals surface area contributed by atoms with Gasteiger partial charge in [-0.05, 0) is 48.7 Å². The number of rotatable bonds is 6. The molecule has 0 aliphatic rings. The predicted molar refractivity (Wildman–Crippen MR) is 107 cm³/mol. The van der Waals surface area contributed by atoms with Crippen LogP contribution in [-0.2, 0) is 0 Å². The van der Waals surface area contributed by atoms with Gasteiger partial charge in [0.1, 0.15) is 10.7 Å². The molecule has 0 atom stereocenters. The van der Waals surface area contributed by atoms with Gasteiger partial charge in [0, 0.05) is 21.5 Å². The molecule has 1 N–H and O–H groups in total. The van der Waals surface area contributed by atoms with Crippen molar-refractivity contribution in [3.8, 4) is 22.1 Å². The molecule has 3 rings (SSSR count). The smallest absolute Gasteiger partial charge is 0.275 e. The Morgan fingerprint density at radius 2 is 1.81 bits per heavy atom. The number of benzene rings is 2. The molecule has 0 unspecified atom stereocenters. The summed E-state index contributed by atoms with van der Waals surface area (Å²) in [6.45, 7) is 0. The van der Waals surface area contributed by atoms with Gasteiger partial charge in [0.25, 0.3) is 5.91 Å². The first-order valence-corrected chi connectivity index (χ1v) is 9.88. The van der Waals surface area contributed by atoms with Crippen LogP contribution in [0.1, 0.15) is 10.5 Å². The molecule has 0 aliphatic heterocycles. The van der Waals surface area contributed by atoms with E-state index in [9.17, 15) is 4.79 Å². The molecule has 26 heavy (non-hydrogen) atoms. The first-order chi connectivity index (χ1) is 12.6. The quantitative estimate of drug-likeness (QED) is 0.617. The average molecular weight is 386 g/mol. The second-order valence-electron chi connectivity index (χ2n) is 5.29. The van der Waals surface area contributed by atoms with Crippen LogP contribution in [-0.4, -0.2) is 31.4 Å². The Morgan fingerprint density at radius 3 is 2.46 bits per heavy atom. The Kier molecular flexibility index (Phi) is 5.80. The summed E-state index contributed by atoms with van der Waals surface area (Å²) >= 11 is 3.07. The molecule has 0 fully saturated rings. The molecule has 1 heterocycles. The molecule has 5 nitrogen and oxygen atoms in total. The van der Waals surface area contributed by atoms with Gasteiger partial charge >= 0.3 is 0 Å². The molecular weight excluding hydrogens is 368 g/mol. The van der Waals surface area contributed by atoms with E-state index in [1.165, 1.54) is 11.3 Å². The lowest BCUT2D eigenvalue weighted by Gasteiger charge is -2.08. The third-order valence-corrected chi connectivity index (χ3v) is 5.35. The SMILES string of the molecule is COc1ccc(-c2nc(C(=O)Nc3ccc(SC)cc3)cs2)cc1OC. The van der Waals surface area contributed by atoms with E-state index in [2.05, 4.69) is 10.3 Å². The highest BCUT2D eigenvalue weighted by Gasteiger charge is 2.14. The summed E-state index contributed by atoms with van der Waals surface area (Å²) in [5.74, 6) is 1.05. The molecule has 7 heteroatoms. The fraction of sp³-hybridized carbons (Fsp3) is 0.158. The number of methoxy groups -OCH3 is 2. The summed E-state index contributed by atoms with van der Waals surface area (Å²) < 4.78 is 10.6. The number of carbonyl (C=O) groups excluding carboxylic acids is 1. The molecule has 134 valence electrons. The van der Waals surface area contributed by atoms with Gasteiger partial charge in [-0.15, -0.1) is 23.1 Å². The van der Waals surface area contributed by atoms with Crippen molar-refractivity contribution in [3.63, 3.8) is 0 Å². The van der Waals surface area contributed by atoms with Crippen molar-refractivity contribution in [1.82, 2.24) is 4.98 Å². The topological polar surface area (TPSA) is 60.5 Å². The van der Waals surface area contributed by atoms with Crippen molar-refractivity contribution in [2.75, 3.05) is 25.8 Å². The zero-order valence-corrected chi connectivity index (χ0v) is 16.2. The maximum atomic E-state index is 12.4. The molecule has 2 aromatic carbocycles. The highest BCUT2D eigenvalue weighted by molar-refractivity contribution is 7.98. The number of anilines is 1. The molecule has 0 spiro atoms. The van der Waals surface area contributed by atoms with Crippen LogP contribution in [0.2, 0.25) is 0 Å². The second-order valence-corrected chi connectivity index (χ2v) is 7.03. The van der Waals surface area contributed by atoms with Crippen LogP contribution in [0.15, 0.2) is 52.7 Å². The number of thiazole rings is 1. The molecule has 1 amide bonds. The average Bonchev–Trinajstić information content (AvgIpc) is 3.18. The van der Waals surface area contributed by atoms with Gasteiger partial charge in [-0.2, -0.15) is 0 Å². The third-order valence-electron chi connectivity index (χ3n) is 3.72. The number of carbonyl (C=O) groups is 1. The lowest BCUT2D eigenvalue weighted by Crippen LogP contribution is -2.12. The second kappa shape index (κ2) is 8.25. The van der Waals surface area contributed by atoms with Crippen molar-refractivity contribution in [2.24, 2.45) is 0 Å². The zero-order valence-electron chi connectivity index (χ0n) is 14.6. The molecule has 0 saturated carbocycles. The highest BCUT2D eigenvalue weighted by atomic mass is 32.2. The van der Waals surface area contributed by atoms with Crippen LogP contribution in [0.25, 0.3) is 10.6 Å². The Labute approximate surface area is 160 Å². The van der Waals surface area contributed by atoms with E-state index in [0.29, 0.717) is 17.2 Å². The van der Waals surface area contributed by atoms with Crippen LogP contribution < -0.4 is 14.8 Å². The van der Waals surface area contributed by atoms with Crippen molar-refractivity contribution in [3.05, 3.63) is 53.5 Å². The van der Waals surface area contributed by atoms with Gasteiger partial charge in [0.15, 0.2) is 11.5 Å². The molecule has 0 radical (unpaired) electrons. The van der Waals surface area contributed by atoms with Crippen LogP contribution in [0.3, 0.4) is 0 Å². The largest absolute Gasteiger partial charge is 0.493 e. The Bertz CT molecular complexity index is 907. The zero-order chi connectivity index (χ0) is 18.5. The van der Waals surface area contributed by atoms with Gasteiger partial charge in [-0.3, -0.25) is 4.79 Å². The Balaban J connectivity index is 1.77. The minimum atomic E-state index is -0.232. The number of aromatic nitrogens is 1. The van der Waals surface area contributed by atoms with Crippen LogP contribution in [0.5, 0.6) is 11.5 Å². The minimum Gasteiger partial charge on any atom is -0.493 e. The van der Waals surface area contributed by atoms with Crippen molar-refractivity contribution < 1.29 is 14.3 Å². The predicted octanol–water partition coefficient (Wildman–Crippen LogP) is 4.80. The summed E-state index contributed by atoms with van der Waals surface area (Å²) in [6.07, 6.45) is 2.01. The van der Waals surface area contributed by atoms with Gasteiger partial charge in [0.05, 0.1) is 14.2 Å². The molecular formula is C19H18N2O3S2. The van der Waals surface area contributed by atoms with E-state index >= 15 is 0 Å². The lowest BCUT2D eigenvalue weighted by molar-refractivity contribution is 0.102. The standard InChI is InChI=1S/C19H18N2O3S2/c1-23-16-9-4-12(10-17(16)24-2)19-21-15(11-26-19)18(22)20-13-5-7-14(25-3)8-6-13/h4-11H,1-3H3,(H,20,22). The number of thioether (sulfide) groups is 1. The fourth-order valence-electron chi connectivity index (χ4n) is 2.35. The van der Waals surface area contributed by atoms with E-state index < -0.39 is 0 Å². The highest BCUT2D eigenvalue weighted by Crippen LogP contribution is 2.33. The van der Waals surface area contributed by atoms with Crippen molar-refractivity contribution >= 4 is 34.7 Å². The maximum absolute atomic E-state index is 12.4. The number of nitrogens with zero attached hydrogens (tertiary/aromatic N) is 1. The van der Waals surface area contributed by atoms with Gasteiger partial charge in [-0.1, -0.05) is 0 Å². The van der Waals surface area contributed by atoms with Crippen LogP contribution in [0, 0.1) is 0 Å². The number of hydrogen-bond acceptors (Lipinski definition) is 6. The normalized spacial score (nSPS) is 10.4. The Hall–Kier alpha value is -2.51. The van der Waals surface area contributed by atoms with E-state index in [1.807, 2.05) is 48.7 Å². The van der Waals surface area contributed by atoms with Crippen molar-refractivity contribution in [2.45, 2.75) is 4.90 Å². The molecule has 0 bridgehead atoms. The first kappa shape index (κ1) is 18.3. The Morgan fingerprint density at radius 1 is 1.08 bits per heavy atom. The van der Waals surface area contributed by atoms with Gasteiger partial charge < -0.3 is 14.8 Å². The number of hydrogen-bond donors (Lipinski definition) is 1. The van der Waals surface area contributed by atoms with E-state index in [0.717, 1.165) is 21.2 Å². The van der Waals surface area contributed by atoms with Crippen LogP contribution in [0.4, 0.5) is 5.69 Å². The summed E-state index contributed by atoms with van der Waals surface area (Å²) in [5.41, 5.74) is 2.00. The molecule has 1 aromatic heterocycles. The van der Waals surface area contributed by atoms with Crippen LogP contribution >= 0.6 is 23.1 Å².